The van der Waals surface area contributed by atoms with E-state index in [4.69, 9.17) is 11.6 Å². The quantitative estimate of drug-likeness (QED) is 0.748. The van der Waals surface area contributed by atoms with Crippen LogP contribution in [0.25, 0.3) is 0 Å². The molecular formula is C14H9Br2ClFNO. The van der Waals surface area contributed by atoms with Gasteiger partial charge in [0.05, 0.1) is 0 Å². The predicted molar refractivity (Wildman–Crippen MR) is 84.4 cm³/mol. The highest BCUT2D eigenvalue weighted by Crippen LogP contribution is 2.20. The van der Waals surface area contributed by atoms with Crippen LogP contribution in [0, 0.1) is 5.82 Å². The van der Waals surface area contributed by atoms with E-state index in [1.165, 1.54) is 6.07 Å². The first-order valence-electron chi connectivity index (χ1n) is 5.64. The summed E-state index contributed by atoms with van der Waals surface area (Å²) in [6, 6.07) is 9.48. The maximum absolute atomic E-state index is 13.5. The molecule has 0 aliphatic carbocycles. The molecule has 6 heteroatoms. The maximum Gasteiger partial charge on any atom is 0.251 e. The summed E-state index contributed by atoms with van der Waals surface area (Å²) >= 11 is 12.4. The van der Waals surface area contributed by atoms with Crippen molar-refractivity contribution >= 4 is 49.4 Å². The van der Waals surface area contributed by atoms with Crippen LogP contribution >= 0.6 is 43.5 Å². The number of carbonyl (C=O) groups is 1. The van der Waals surface area contributed by atoms with Gasteiger partial charge < -0.3 is 5.32 Å². The van der Waals surface area contributed by atoms with E-state index in [9.17, 15) is 9.18 Å². The Morgan fingerprint density at radius 1 is 1.15 bits per heavy atom. The van der Waals surface area contributed by atoms with Crippen LogP contribution in [-0.2, 0) is 6.54 Å². The van der Waals surface area contributed by atoms with Crippen LogP contribution in [0.5, 0.6) is 0 Å². The van der Waals surface area contributed by atoms with Crippen LogP contribution in [0.15, 0.2) is 45.3 Å². The molecule has 0 radical (unpaired) electrons. The van der Waals surface area contributed by atoms with Gasteiger partial charge in [-0.3, -0.25) is 4.79 Å². The van der Waals surface area contributed by atoms with Gasteiger partial charge in [0.2, 0.25) is 0 Å². The first-order valence-corrected chi connectivity index (χ1v) is 7.60. The van der Waals surface area contributed by atoms with Crippen molar-refractivity contribution in [3.63, 3.8) is 0 Å². The molecule has 0 aliphatic rings. The van der Waals surface area contributed by atoms with Gasteiger partial charge in [0.25, 0.3) is 5.91 Å². The molecule has 104 valence electrons. The summed E-state index contributed by atoms with van der Waals surface area (Å²) in [4.78, 5) is 12.0. The molecule has 0 saturated heterocycles. The molecule has 0 aliphatic heterocycles. The van der Waals surface area contributed by atoms with E-state index in [0.717, 1.165) is 4.47 Å². The number of hydrogen-bond donors (Lipinski definition) is 1. The Kier molecular flexibility index (Phi) is 5.18. The molecule has 0 atom stereocenters. The lowest BCUT2D eigenvalue weighted by Gasteiger charge is -2.08. The van der Waals surface area contributed by atoms with Crippen molar-refractivity contribution < 1.29 is 9.18 Å². The van der Waals surface area contributed by atoms with Crippen molar-refractivity contribution in [3.05, 3.63) is 67.3 Å². The van der Waals surface area contributed by atoms with E-state index in [2.05, 4.69) is 37.2 Å². The van der Waals surface area contributed by atoms with Crippen LogP contribution in [0.3, 0.4) is 0 Å². The second-order valence-electron chi connectivity index (χ2n) is 4.08. The maximum atomic E-state index is 13.5. The third-order valence-electron chi connectivity index (χ3n) is 2.57. The number of nitrogens with one attached hydrogen (secondary N) is 1. The average molecular weight is 421 g/mol. The van der Waals surface area contributed by atoms with Crippen molar-refractivity contribution in [2.75, 3.05) is 0 Å². The highest BCUT2D eigenvalue weighted by atomic mass is 79.9. The van der Waals surface area contributed by atoms with Gasteiger partial charge in [-0.05, 0) is 36.4 Å². The van der Waals surface area contributed by atoms with Gasteiger partial charge in [0.1, 0.15) is 5.82 Å². The molecule has 20 heavy (non-hydrogen) atoms. The fourth-order valence-corrected chi connectivity index (χ4v) is 2.91. The monoisotopic (exact) mass is 419 g/mol. The molecule has 2 aromatic carbocycles. The fourth-order valence-electron chi connectivity index (χ4n) is 1.64. The van der Waals surface area contributed by atoms with Crippen molar-refractivity contribution in [1.82, 2.24) is 5.32 Å². The molecule has 1 amide bonds. The molecule has 0 spiro atoms. The van der Waals surface area contributed by atoms with E-state index >= 15 is 0 Å². The van der Waals surface area contributed by atoms with Gasteiger partial charge in [-0.25, -0.2) is 4.39 Å². The van der Waals surface area contributed by atoms with E-state index in [0.29, 0.717) is 20.6 Å². The second-order valence-corrected chi connectivity index (χ2v) is 6.34. The number of rotatable bonds is 3. The standard InChI is InChI=1S/C14H9Br2ClFNO/c15-10-1-2-13(18)9(4-10)7-19-14(20)8-3-11(16)6-12(17)5-8/h1-6H,7H2,(H,19,20). The van der Waals surface area contributed by atoms with Crippen LogP contribution < -0.4 is 5.32 Å². The smallest absolute Gasteiger partial charge is 0.251 e. The number of amides is 1. The van der Waals surface area contributed by atoms with E-state index in [1.807, 2.05) is 0 Å². The zero-order valence-electron chi connectivity index (χ0n) is 10.1. The second kappa shape index (κ2) is 6.70. The molecule has 1 N–H and O–H groups in total. The molecule has 0 aromatic heterocycles. The summed E-state index contributed by atoms with van der Waals surface area (Å²) in [5.41, 5.74) is 0.827. The minimum absolute atomic E-state index is 0.105. The van der Waals surface area contributed by atoms with Gasteiger partial charge in [0, 0.05) is 31.6 Å². The first-order chi connectivity index (χ1) is 9.45. The van der Waals surface area contributed by atoms with E-state index in [1.54, 1.807) is 30.3 Å². The van der Waals surface area contributed by atoms with Crippen LogP contribution in [-0.4, -0.2) is 5.91 Å². The average Bonchev–Trinajstić information content (AvgIpc) is 2.38. The third-order valence-corrected chi connectivity index (χ3v) is 3.74. The topological polar surface area (TPSA) is 29.1 Å². The van der Waals surface area contributed by atoms with Gasteiger partial charge in [-0.2, -0.15) is 0 Å². The minimum atomic E-state index is -0.360. The molecule has 2 nitrogen and oxygen atoms in total. The highest BCUT2D eigenvalue weighted by Gasteiger charge is 2.09. The number of carbonyl (C=O) groups excluding carboxylic acids is 1. The number of halogens is 4. The molecule has 0 bridgehead atoms. The van der Waals surface area contributed by atoms with Crippen molar-refractivity contribution in [2.24, 2.45) is 0 Å². The summed E-state index contributed by atoms with van der Waals surface area (Å²) in [5, 5.41) is 3.12. The summed E-state index contributed by atoms with van der Waals surface area (Å²) in [6.45, 7) is 0.105. The van der Waals surface area contributed by atoms with Crippen molar-refractivity contribution in [1.29, 1.82) is 0 Å². The Morgan fingerprint density at radius 3 is 2.60 bits per heavy atom. The van der Waals surface area contributed by atoms with Gasteiger partial charge >= 0.3 is 0 Å². The zero-order chi connectivity index (χ0) is 14.7. The van der Waals surface area contributed by atoms with Crippen LogP contribution in [0.1, 0.15) is 15.9 Å². The summed E-state index contributed by atoms with van der Waals surface area (Å²) in [5.74, 6) is -0.673. The van der Waals surface area contributed by atoms with E-state index in [-0.39, 0.29) is 18.3 Å². The normalized spacial score (nSPS) is 10.4. The number of benzene rings is 2. The lowest BCUT2D eigenvalue weighted by Crippen LogP contribution is -2.23. The lowest BCUT2D eigenvalue weighted by molar-refractivity contribution is 0.0950. The molecule has 2 rings (SSSR count). The minimum Gasteiger partial charge on any atom is -0.348 e. The summed E-state index contributed by atoms with van der Waals surface area (Å²) in [6.07, 6.45) is 0. The van der Waals surface area contributed by atoms with Crippen molar-refractivity contribution in [2.45, 2.75) is 6.54 Å². The molecule has 2 aromatic rings. The van der Waals surface area contributed by atoms with Crippen LogP contribution in [0.4, 0.5) is 4.39 Å². The fraction of sp³-hybridized carbons (Fsp3) is 0.0714. The number of hydrogen-bond acceptors (Lipinski definition) is 1. The Bertz CT molecular complexity index is 643. The predicted octanol–water partition coefficient (Wildman–Crippen LogP) is 4.93. The third kappa shape index (κ3) is 4.04. The largest absolute Gasteiger partial charge is 0.348 e. The molecule has 0 fully saturated rings. The van der Waals surface area contributed by atoms with E-state index < -0.39 is 0 Å². The highest BCUT2D eigenvalue weighted by molar-refractivity contribution is 9.10. The molecular weight excluding hydrogens is 412 g/mol. The molecule has 0 heterocycles. The first kappa shape index (κ1) is 15.5. The Labute approximate surface area is 137 Å². The van der Waals surface area contributed by atoms with Crippen LogP contribution in [0.2, 0.25) is 5.02 Å². The Morgan fingerprint density at radius 2 is 1.90 bits per heavy atom. The summed E-state index contributed by atoms with van der Waals surface area (Å²) < 4.78 is 15.0. The van der Waals surface area contributed by atoms with Crippen molar-refractivity contribution in [3.8, 4) is 0 Å². The van der Waals surface area contributed by atoms with Gasteiger partial charge in [-0.15, -0.1) is 0 Å². The lowest BCUT2D eigenvalue weighted by atomic mass is 10.2. The van der Waals surface area contributed by atoms with Gasteiger partial charge in [-0.1, -0.05) is 43.5 Å². The van der Waals surface area contributed by atoms with Gasteiger partial charge in [0.15, 0.2) is 0 Å². The summed E-state index contributed by atoms with van der Waals surface area (Å²) in [7, 11) is 0. The molecule has 0 saturated carbocycles. The SMILES string of the molecule is O=C(NCc1cc(Br)ccc1F)c1cc(Cl)cc(Br)c1. The Balaban J connectivity index is 2.10. The molecule has 0 unspecified atom stereocenters. The zero-order valence-corrected chi connectivity index (χ0v) is 14.0. The Hall–Kier alpha value is -0.910.